The monoisotopic (exact) mass is 413 g/mol. The Bertz CT molecular complexity index is 800. The van der Waals surface area contributed by atoms with Crippen molar-refractivity contribution in [3.63, 3.8) is 0 Å². The van der Waals surface area contributed by atoms with Crippen LogP contribution in [0.2, 0.25) is 0 Å². The molecule has 2 atom stereocenters. The number of likely N-dealkylation sites (tertiary alicyclic amines) is 1. The van der Waals surface area contributed by atoms with Crippen molar-refractivity contribution in [1.82, 2.24) is 15.5 Å². The van der Waals surface area contributed by atoms with Gasteiger partial charge in [-0.3, -0.25) is 9.89 Å². The highest BCUT2D eigenvalue weighted by Gasteiger charge is 2.31. The molecular weight excluding hydrogens is 378 g/mol. The normalized spacial score (nSPS) is 20.5. The second kappa shape index (κ2) is 10.1. The summed E-state index contributed by atoms with van der Waals surface area (Å²) in [6.07, 6.45) is 2.51. The lowest BCUT2D eigenvalue weighted by atomic mass is 9.88. The highest BCUT2D eigenvalue weighted by Crippen LogP contribution is 2.36. The number of aryl methyl sites for hydroxylation is 1. The van der Waals surface area contributed by atoms with Crippen LogP contribution in [0.15, 0.2) is 40.7 Å². The van der Waals surface area contributed by atoms with Gasteiger partial charge in [0.25, 0.3) is 0 Å². The average molecular weight is 414 g/mol. The van der Waals surface area contributed by atoms with Crippen LogP contribution in [-0.2, 0) is 6.54 Å². The number of hydrogen-bond donors (Lipinski definition) is 2. The van der Waals surface area contributed by atoms with Gasteiger partial charge in [0.05, 0.1) is 0 Å². The molecule has 29 heavy (non-hydrogen) atoms. The Labute approximate surface area is 179 Å². The second-order valence-electron chi connectivity index (χ2n) is 8.18. The number of aliphatic imine (C=N–C) groups is 1. The number of hydrogen-bond acceptors (Lipinski definition) is 4. The van der Waals surface area contributed by atoms with Crippen LogP contribution in [0.5, 0.6) is 0 Å². The van der Waals surface area contributed by atoms with Crippen molar-refractivity contribution < 1.29 is 0 Å². The third kappa shape index (κ3) is 5.52. The third-order valence-corrected chi connectivity index (χ3v) is 6.71. The summed E-state index contributed by atoms with van der Waals surface area (Å²) in [5.74, 6) is 1.45. The Kier molecular flexibility index (Phi) is 7.56. The minimum atomic E-state index is 0.492. The third-order valence-electron chi connectivity index (χ3n) is 5.77. The molecule has 3 rings (SSSR count). The smallest absolute Gasteiger partial charge is 0.191 e. The van der Waals surface area contributed by atoms with Gasteiger partial charge in [0.15, 0.2) is 5.96 Å². The lowest BCUT2D eigenvalue weighted by Gasteiger charge is -2.39. The average Bonchev–Trinajstić information content (AvgIpc) is 3.23. The van der Waals surface area contributed by atoms with Crippen LogP contribution in [0, 0.1) is 12.8 Å². The van der Waals surface area contributed by atoms with E-state index in [-0.39, 0.29) is 0 Å². The lowest BCUT2D eigenvalue weighted by Crippen LogP contribution is -2.44. The zero-order valence-electron chi connectivity index (χ0n) is 18.4. The topological polar surface area (TPSA) is 42.9 Å². The summed E-state index contributed by atoms with van der Waals surface area (Å²) in [5.41, 5.74) is 3.80. The molecular formula is C23H35N5S. The Balaban J connectivity index is 1.61. The molecule has 1 aliphatic rings. The minimum absolute atomic E-state index is 0.492. The van der Waals surface area contributed by atoms with Gasteiger partial charge in [-0.05, 0) is 67.9 Å². The Morgan fingerprint density at radius 1 is 1.28 bits per heavy atom. The molecule has 6 heteroatoms. The predicted molar refractivity (Wildman–Crippen MR) is 126 cm³/mol. The lowest BCUT2D eigenvalue weighted by molar-refractivity contribution is 0.125. The summed E-state index contributed by atoms with van der Waals surface area (Å²) >= 11 is 1.87. The van der Waals surface area contributed by atoms with E-state index in [1.165, 1.54) is 41.1 Å². The summed E-state index contributed by atoms with van der Waals surface area (Å²) < 4.78 is 0. The van der Waals surface area contributed by atoms with Gasteiger partial charge in [0.2, 0.25) is 0 Å². The molecule has 1 aromatic heterocycles. The fourth-order valence-electron chi connectivity index (χ4n) is 4.25. The molecule has 1 saturated heterocycles. The Morgan fingerprint density at radius 3 is 2.79 bits per heavy atom. The van der Waals surface area contributed by atoms with Gasteiger partial charge in [0, 0.05) is 50.8 Å². The van der Waals surface area contributed by atoms with Gasteiger partial charge in [0.1, 0.15) is 0 Å². The maximum absolute atomic E-state index is 4.46. The van der Waals surface area contributed by atoms with Crippen molar-refractivity contribution in [2.75, 3.05) is 46.2 Å². The largest absolute Gasteiger partial charge is 0.377 e. The molecule has 2 unspecified atom stereocenters. The van der Waals surface area contributed by atoms with Crippen molar-refractivity contribution in [3.8, 4) is 0 Å². The van der Waals surface area contributed by atoms with E-state index in [0.717, 1.165) is 19.0 Å². The first kappa shape index (κ1) is 21.7. The fraction of sp³-hybridized carbons (Fsp3) is 0.522. The van der Waals surface area contributed by atoms with E-state index in [1.807, 2.05) is 18.4 Å². The standard InChI is InChI=1S/C23H35N5S/c1-17-10-11-18(20(14-17)27(3)4)15-25-23(24-2)26-16-19-8-6-12-28(5)22(19)21-9-7-13-29-21/h7,9-11,13-14,19,22H,6,8,12,15-16H2,1-5H3,(H2,24,25,26). The van der Waals surface area contributed by atoms with Crippen LogP contribution < -0.4 is 15.5 Å². The second-order valence-corrected chi connectivity index (χ2v) is 9.16. The maximum Gasteiger partial charge on any atom is 0.191 e. The summed E-state index contributed by atoms with van der Waals surface area (Å²) in [6, 6.07) is 11.5. The van der Waals surface area contributed by atoms with Crippen LogP contribution in [0.25, 0.3) is 0 Å². The molecule has 0 bridgehead atoms. The molecule has 5 nitrogen and oxygen atoms in total. The van der Waals surface area contributed by atoms with Crippen molar-refractivity contribution in [2.24, 2.45) is 10.9 Å². The molecule has 1 fully saturated rings. The highest BCUT2D eigenvalue weighted by molar-refractivity contribution is 7.10. The van der Waals surface area contributed by atoms with Crippen LogP contribution in [0.1, 0.15) is 34.9 Å². The van der Waals surface area contributed by atoms with Gasteiger partial charge in [-0.2, -0.15) is 0 Å². The number of nitrogens with zero attached hydrogens (tertiary/aromatic N) is 3. The minimum Gasteiger partial charge on any atom is -0.377 e. The number of thiophene rings is 1. The molecule has 0 amide bonds. The number of rotatable bonds is 6. The summed E-state index contributed by atoms with van der Waals surface area (Å²) in [4.78, 5) is 10.6. The Hall–Kier alpha value is -2.05. The molecule has 2 aromatic rings. The number of piperidine rings is 1. The van der Waals surface area contributed by atoms with Crippen LogP contribution in [-0.4, -0.2) is 52.1 Å². The SMILES string of the molecule is CN=C(NCc1ccc(C)cc1N(C)C)NCC1CCCN(C)C1c1cccs1. The van der Waals surface area contributed by atoms with E-state index in [1.54, 1.807) is 0 Å². The molecule has 0 radical (unpaired) electrons. The number of anilines is 1. The van der Waals surface area contributed by atoms with Crippen LogP contribution in [0.4, 0.5) is 5.69 Å². The molecule has 2 heterocycles. The van der Waals surface area contributed by atoms with Crippen LogP contribution >= 0.6 is 11.3 Å². The molecule has 0 spiro atoms. The van der Waals surface area contributed by atoms with Gasteiger partial charge < -0.3 is 15.5 Å². The summed E-state index contributed by atoms with van der Waals surface area (Å²) in [5, 5.41) is 9.27. The molecule has 0 aliphatic carbocycles. The highest BCUT2D eigenvalue weighted by atomic mass is 32.1. The number of guanidine groups is 1. The fourth-order valence-corrected chi connectivity index (χ4v) is 5.23. The zero-order chi connectivity index (χ0) is 20.8. The van der Waals surface area contributed by atoms with E-state index in [2.05, 4.69) is 89.2 Å². The summed E-state index contributed by atoms with van der Waals surface area (Å²) in [6.45, 7) is 5.00. The van der Waals surface area contributed by atoms with Crippen molar-refractivity contribution >= 4 is 23.0 Å². The van der Waals surface area contributed by atoms with Gasteiger partial charge >= 0.3 is 0 Å². The van der Waals surface area contributed by atoms with Gasteiger partial charge in [-0.1, -0.05) is 18.2 Å². The first-order chi connectivity index (χ1) is 14.0. The first-order valence-corrected chi connectivity index (χ1v) is 11.3. The van der Waals surface area contributed by atoms with E-state index in [9.17, 15) is 0 Å². The molecule has 1 aliphatic heterocycles. The zero-order valence-corrected chi connectivity index (χ0v) is 19.2. The van der Waals surface area contributed by atoms with Gasteiger partial charge in [-0.25, -0.2) is 0 Å². The van der Waals surface area contributed by atoms with E-state index in [0.29, 0.717) is 12.0 Å². The number of benzene rings is 1. The van der Waals surface area contributed by atoms with Gasteiger partial charge in [-0.15, -0.1) is 11.3 Å². The molecule has 158 valence electrons. The molecule has 1 aromatic carbocycles. The quantitative estimate of drug-likeness (QED) is 0.557. The number of nitrogens with one attached hydrogen (secondary N) is 2. The summed E-state index contributed by atoms with van der Waals surface area (Å²) in [7, 11) is 8.29. The van der Waals surface area contributed by atoms with Crippen LogP contribution in [0.3, 0.4) is 0 Å². The van der Waals surface area contributed by atoms with E-state index in [4.69, 9.17) is 0 Å². The first-order valence-electron chi connectivity index (χ1n) is 10.4. The Morgan fingerprint density at radius 2 is 2.10 bits per heavy atom. The van der Waals surface area contributed by atoms with E-state index < -0.39 is 0 Å². The maximum atomic E-state index is 4.46. The van der Waals surface area contributed by atoms with Crippen molar-refractivity contribution in [3.05, 3.63) is 51.7 Å². The van der Waals surface area contributed by atoms with Crippen molar-refractivity contribution in [1.29, 1.82) is 0 Å². The predicted octanol–water partition coefficient (Wildman–Crippen LogP) is 3.87. The van der Waals surface area contributed by atoms with E-state index >= 15 is 0 Å². The molecule has 0 saturated carbocycles. The van der Waals surface area contributed by atoms with Crippen molar-refractivity contribution in [2.45, 2.75) is 32.4 Å². The molecule has 2 N–H and O–H groups in total.